The van der Waals surface area contributed by atoms with E-state index in [2.05, 4.69) is 15.8 Å². The van der Waals surface area contributed by atoms with Gasteiger partial charge >= 0.3 is 17.8 Å². The number of aryl methyl sites for hydroxylation is 3. The Balaban J connectivity index is 1.62. The Labute approximate surface area is 197 Å². The zero-order chi connectivity index (χ0) is 24.7. The van der Waals surface area contributed by atoms with Crippen molar-refractivity contribution in [2.75, 3.05) is 12.4 Å². The van der Waals surface area contributed by atoms with Crippen LogP contribution in [0.4, 0.5) is 5.69 Å². The second-order valence-corrected chi connectivity index (χ2v) is 7.59. The number of amides is 2. The molecule has 3 aromatic rings. The van der Waals surface area contributed by atoms with Gasteiger partial charge in [0.25, 0.3) is 0 Å². The van der Waals surface area contributed by atoms with E-state index in [4.69, 9.17) is 9.47 Å². The maximum atomic E-state index is 12.5. The van der Waals surface area contributed by atoms with Crippen LogP contribution in [-0.4, -0.2) is 31.1 Å². The van der Waals surface area contributed by atoms with Crippen molar-refractivity contribution < 1.29 is 23.9 Å². The lowest BCUT2D eigenvalue weighted by Gasteiger charge is -2.11. The van der Waals surface area contributed by atoms with Crippen LogP contribution in [0.5, 0.6) is 11.5 Å². The van der Waals surface area contributed by atoms with Gasteiger partial charge in [-0.3, -0.25) is 9.59 Å². The third kappa shape index (κ3) is 6.07. The Morgan fingerprint density at radius 1 is 0.853 bits per heavy atom. The number of methoxy groups -OCH3 is 1. The Kier molecular flexibility index (Phi) is 7.76. The Morgan fingerprint density at radius 3 is 2.32 bits per heavy atom. The molecule has 3 aromatic carbocycles. The minimum atomic E-state index is -0.910. The highest BCUT2D eigenvalue weighted by Gasteiger charge is 2.15. The molecule has 0 unspecified atom stereocenters. The number of hydrazone groups is 1. The molecule has 0 saturated carbocycles. The lowest BCUT2D eigenvalue weighted by atomic mass is 10.1. The summed E-state index contributed by atoms with van der Waals surface area (Å²) in [4.78, 5) is 36.7. The van der Waals surface area contributed by atoms with Crippen LogP contribution in [0, 0.1) is 20.8 Å². The third-order valence-corrected chi connectivity index (χ3v) is 4.97. The van der Waals surface area contributed by atoms with Crippen LogP contribution in [0.15, 0.2) is 65.8 Å². The summed E-state index contributed by atoms with van der Waals surface area (Å²) in [6.07, 6.45) is 1.35. The molecule has 0 aliphatic heterocycles. The standard InChI is InChI=1S/C26H25N3O5/c1-16-9-11-21(18(3)13-16)28-24(30)25(31)29-27-15-19-10-12-22(23(14-19)33-4)34-26(32)20-8-6-5-7-17(20)2/h5-15H,1-4H3,(H,28,30)(H,29,31)/b27-15+. The zero-order valence-corrected chi connectivity index (χ0v) is 19.3. The van der Waals surface area contributed by atoms with E-state index >= 15 is 0 Å². The fraction of sp³-hybridized carbons (Fsp3) is 0.154. The second kappa shape index (κ2) is 10.9. The molecule has 0 spiro atoms. The normalized spacial score (nSPS) is 10.6. The molecule has 2 amide bonds. The summed E-state index contributed by atoms with van der Waals surface area (Å²) in [5.41, 5.74) is 6.45. The van der Waals surface area contributed by atoms with Crippen LogP contribution >= 0.6 is 0 Å². The molecule has 0 aliphatic rings. The number of ether oxygens (including phenoxy) is 2. The molecule has 0 aromatic heterocycles. The highest BCUT2D eigenvalue weighted by Crippen LogP contribution is 2.28. The maximum Gasteiger partial charge on any atom is 0.343 e. The van der Waals surface area contributed by atoms with Gasteiger partial charge in [-0.2, -0.15) is 5.10 Å². The average Bonchev–Trinajstić information content (AvgIpc) is 2.81. The summed E-state index contributed by atoms with van der Waals surface area (Å²) < 4.78 is 10.8. The number of anilines is 1. The largest absolute Gasteiger partial charge is 0.493 e. The van der Waals surface area contributed by atoms with Crippen molar-refractivity contribution in [2.24, 2.45) is 5.10 Å². The summed E-state index contributed by atoms with van der Waals surface area (Å²) in [6.45, 7) is 5.60. The predicted octanol–water partition coefficient (Wildman–Crippen LogP) is 3.93. The molecule has 0 saturated heterocycles. The van der Waals surface area contributed by atoms with Gasteiger partial charge in [0.15, 0.2) is 11.5 Å². The average molecular weight is 460 g/mol. The van der Waals surface area contributed by atoms with Crippen LogP contribution in [-0.2, 0) is 9.59 Å². The van der Waals surface area contributed by atoms with Gasteiger partial charge in [0.1, 0.15) is 0 Å². The molecular weight excluding hydrogens is 434 g/mol. The fourth-order valence-corrected chi connectivity index (χ4v) is 3.15. The Hall–Kier alpha value is -4.46. The summed E-state index contributed by atoms with van der Waals surface area (Å²) in [6, 6.07) is 17.4. The van der Waals surface area contributed by atoms with Crippen molar-refractivity contribution >= 4 is 29.7 Å². The molecule has 0 radical (unpaired) electrons. The topological polar surface area (TPSA) is 106 Å². The first-order chi connectivity index (χ1) is 16.3. The number of esters is 1. The van der Waals surface area contributed by atoms with Gasteiger partial charge in [-0.25, -0.2) is 10.2 Å². The lowest BCUT2D eigenvalue weighted by molar-refractivity contribution is -0.136. The summed E-state index contributed by atoms with van der Waals surface area (Å²) in [5.74, 6) is -1.69. The smallest absolute Gasteiger partial charge is 0.343 e. The van der Waals surface area contributed by atoms with Crippen LogP contribution < -0.4 is 20.2 Å². The van der Waals surface area contributed by atoms with Gasteiger partial charge in [-0.15, -0.1) is 0 Å². The fourth-order valence-electron chi connectivity index (χ4n) is 3.15. The first-order valence-electron chi connectivity index (χ1n) is 10.5. The molecule has 0 aliphatic carbocycles. The highest BCUT2D eigenvalue weighted by molar-refractivity contribution is 6.39. The number of nitrogens with zero attached hydrogens (tertiary/aromatic N) is 1. The van der Waals surface area contributed by atoms with E-state index < -0.39 is 17.8 Å². The van der Waals surface area contributed by atoms with E-state index in [1.54, 1.807) is 36.4 Å². The molecule has 8 nitrogen and oxygen atoms in total. The summed E-state index contributed by atoms with van der Waals surface area (Å²) in [7, 11) is 1.44. The number of carbonyl (C=O) groups is 3. The third-order valence-electron chi connectivity index (χ3n) is 4.97. The van der Waals surface area contributed by atoms with Gasteiger partial charge < -0.3 is 14.8 Å². The molecule has 34 heavy (non-hydrogen) atoms. The number of hydrogen-bond acceptors (Lipinski definition) is 6. The van der Waals surface area contributed by atoms with Gasteiger partial charge in [-0.1, -0.05) is 35.9 Å². The SMILES string of the molecule is COc1cc(/C=N/NC(=O)C(=O)Nc2ccc(C)cc2C)ccc1OC(=O)c1ccccc1C. The molecule has 2 N–H and O–H groups in total. The monoisotopic (exact) mass is 459 g/mol. The number of nitrogens with one attached hydrogen (secondary N) is 2. The second-order valence-electron chi connectivity index (χ2n) is 7.59. The predicted molar refractivity (Wildman–Crippen MR) is 129 cm³/mol. The van der Waals surface area contributed by atoms with Gasteiger partial charge in [0, 0.05) is 5.69 Å². The van der Waals surface area contributed by atoms with Gasteiger partial charge in [-0.05, 0) is 67.8 Å². The molecule has 3 rings (SSSR count). The number of rotatable bonds is 6. The first-order valence-corrected chi connectivity index (χ1v) is 10.5. The van der Waals surface area contributed by atoms with Crippen LogP contribution in [0.3, 0.4) is 0 Å². The zero-order valence-electron chi connectivity index (χ0n) is 19.3. The van der Waals surface area contributed by atoms with Crippen molar-refractivity contribution in [3.63, 3.8) is 0 Å². The van der Waals surface area contributed by atoms with E-state index in [9.17, 15) is 14.4 Å². The van der Waals surface area contributed by atoms with E-state index in [1.807, 2.05) is 45.0 Å². The highest BCUT2D eigenvalue weighted by atomic mass is 16.6. The van der Waals surface area contributed by atoms with Crippen molar-refractivity contribution in [1.29, 1.82) is 0 Å². The molecular formula is C26H25N3O5. The van der Waals surface area contributed by atoms with E-state index in [0.717, 1.165) is 16.7 Å². The van der Waals surface area contributed by atoms with Gasteiger partial charge in [0.2, 0.25) is 0 Å². The number of carbonyl (C=O) groups excluding carboxylic acids is 3. The summed E-state index contributed by atoms with van der Waals surface area (Å²) in [5, 5.41) is 6.37. The van der Waals surface area contributed by atoms with Crippen LogP contribution in [0.25, 0.3) is 0 Å². The Morgan fingerprint density at radius 2 is 1.62 bits per heavy atom. The molecule has 0 bridgehead atoms. The molecule has 0 heterocycles. The Bertz CT molecular complexity index is 1270. The maximum absolute atomic E-state index is 12.5. The minimum Gasteiger partial charge on any atom is -0.493 e. The van der Waals surface area contributed by atoms with Crippen LogP contribution in [0.2, 0.25) is 0 Å². The molecule has 8 heteroatoms. The minimum absolute atomic E-state index is 0.241. The van der Waals surface area contributed by atoms with Crippen molar-refractivity contribution in [2.45, 2.75) is 20.8 Å². The summed E-state index contributed by atoms with van der Waals surface area (Å²) >= 11 is 0. The van der Waals surface area contributed by atoms with E-state index in [0.29, 0.717) is 22.6 Å². The molecule has 0 fully saturated rings. The quantitative estimate of drug-likeness (QED) is 0.191. The van der Waals surface area contributed by atoms with Crippen molar-refractivity contribution in [3.05, 3.63) is 88.5 Å². The van der Waals surface area contributed by atoms with Crippen molar-refractivity contribution in [1.82, 2.24) is 5.43 Å². The number of benzene rings is 3. The van der Waals surface area contributed by atoms with E-state index in [1.165, 1.54) is 13.3 Å². The first kappa shape index (κ1) is 24.2. The van der Waals surface area contributed by atoms with E-state index in [-0.39, 0.29) is 5.75 Å². The van der Waals surface area contributed by atoms with Crippen LogP contribution in [0.1, 0.15) is 32.6 Å². The number of hydrogen-bond donors (Lipinski definition) is 2. The van der Waals surface area contributed by atoms with Gasteiger partial charge in [0.05, 0.1) is 18.9 Å². The lowest BCUT2D eigenvalue weighted by Crippen LogP contribution is -2.32. The van der Waals surface area contributed by atoms with Crippen molar-refractivity contribution in [3.8, 4) is 11.5 Å². The molecule has 0 atom stereocenters. The molecule has 174 valence electrons.